The van der Waals surface area contributed by atoms with Gasteiger partial charge in [-0.15, -0.1) is 0 Å². The van der Waals surface area contributed by atoms with Crippen LogP contribution in [0.4, 0.5) is 0 Å². The van der Waals surface area contributed by atoms with Crippen LogP contribution in [0.5, 0.6) is 5.75 Å². The number of pyridine rings is 2. The molecule has 0 saturated carbocycles. The van der Waals surface area contributed by atoms with Gasteiger partial charge in [0.2, 0.25) is 0 Å². The summed E-state index contributed by atoms with van der Waals surface area (Å²) in [6.45, 7) is 0. The second kappa shape index (κ2) is 5.99. The standard InChI is InChI=1S/C18H19N3O2/c22-18(13-5-8-19-9-6-13)21-14-3-4-15(21)11-17(10-14)23-16-2-1-7-20-12-16/h1-2,5-9,12,14-15,17H,3-4,10-11H2. The zero-order chi connectivity index (χ0) is 15.6. The van der Waals surface area contributed by atoms with Crippen molar-refractivity contribution in [1.82, 2.24) is 14.9 Å². The maximum atomic E-state index is 12.8. The van der Waals surface area contributed by atoms with Crippen LogP contribution in [0.15, 0.2) is 49.1 Å². The summed E-state index contributed by atoms with van der Waals surface area (Å²) in [6.07, 6.45) is 10.9. The Labute approximate surface area is 135 Å². The number of ether oxygens (including phenoxy) is 1. The summed E-state index contributed by atoms with van der Waals surface area (Å²) in [6, 6.07) is 7.95. The molecule has 2 bridgehead atoms. The lowest BCUT2D eigenvalue weighted by atomic mass is 9.98. The molecule has 5 nitrogen and oxygen atoms in total. The molecule has 2 aliphatic rings. The number of aromatic nitrogens is 2. The minimum absolute atomic E-state index is 0.125. The maximum Gasteiger partial charge on any atom is 0.254 e. The van der Waals surface area contributed by atoms with Crippen molar-refractivity contribution >= 4 is 5.91 Å². The number of rotatable bonds is 3. The van der Waals surface area contributed by atoms with Crippen LogP contribution in [0, 0.1) is 0 Å². The van der Waals surface area contributed by atoms with Gasteiger partial charge < -0.3 is 9.64 Å². The Morgan fingerprint density at radius 2 is 1.78 bits per heavy atom. The van der Waals surface area contributed by atoms with Crippen molar-refractivity contribution < 1.29 is 9.53 Å². The van der Waals surface area contributed by atoms with Crippen molar-refractivity contribution in [2.45, 2.75) is 43.9 Å². The zero-order valence-corrected chi connectivity index (χ0v) is 12.8. The Bertz CT molecular complexity index is 663. The first-order valence-corrected chi connectivity index (χ1v) is 8.10. The molecule has 2 atom stereocenters. The third-order valence-corrected chi connectivity index (χ3v) is 4.79. The number of nitrogens with zero attached hydrogens (tertiary/aromatic N) is 3. The van der Waals surface area contributed by atoms with Gasteiger partial charge in [-0.25, -0.2) is 0 Å². The molecule has 118 valence electrons. The fourth-order valence-corrected chi connectivity index (χ4v) is 3.81. The molecule has 0 spiro atoms. The molecule has 2 aromatic rings. The number of fused-ring (bicyclic) bond motifs is 2. The number of carbonyl (C=O) groups excluding carboxylic acids is 1. The van der Waals surface area contributed by atoms with Crippen molar-refractivity contribution in [3.05, 3.63) is 54.6 Å². The predicted octanol–water partition coefficient (Wildman–Crippen LogP) is 2.69. The first-order valence-electron chi connectivity index (χ1n) is 8.10. The fourth-order valence-electron chi connectivity index (χ4n) is 3.81. The Hall–Kier alpha value is -2.43. The van der Waals surface area contributed by atoms with Crippen LogP contribution in [-0.2, 0) is 0 Å². The van der Waals surface area contributed by atoms with Gasteiger partial charge in [0, 0.05) is 49.1 Å². The van der Waals surface area contributed by atoms with Gasteiger partial charge in [-0.3, -0.25) is 14.8 Å². The molecule has 2 saturated heterocycles. The van der Waals surface area contributed by atoms with E-state index in [4.69, 9.17) is 4.74 Å². The minimum Gasteiger partial charge on any atom is -0.489 e. The van der Waals surface area contributed by atoms with Crippen LogP contribution in [-0.4, -0.2) is 39.0 Å². The summed E-state index contributed by atoms with van der Waals surface area (Å²) in [5, 5.41) is 0. The van der Waals surface area contributed by atoms with Gasteiger partial charge in [-0.2, -0.15) is 0 Å². The highest BCUT2D eigenvalue weighted by Gasteiger charge is 2.44. The highest BCUT2D eigenvalue weighted by molar-refractivity contribution is 5.94. The van der Waals surface area contributed by atoms with E-state index in [0.717, 1.165) is 37.0 Å². The fraction of sp³-hybridized carbons (Fsp3) is 0.389. The van der Waals surface area contributed by atoms with Crippen LogP contribution < -0.4 is 4.74 Å². The number of hydrogen-bond donors (Lipinski definition) is 0. The number of hydrogen-bond acceptors (Lipinski definition) is 4. The van der Waals surface area contributed by atoms with Gasteiger partial charge in [-0.05, 0) is 37.1 Å². The third kappa shape index (κ3) is 2.79. The Balaban J connectivity index is 1.47. The molecule has 0 aromatic carbocycles. The van der Waals surface area contributed by atoms with Crippen molar-refractivity contribution in [1.29, 1.82) is 0 Å². The first kappa shape index (κ1) is 14.2. The van der Waals surface area contributed by atoms with E-state index < -0.39 is 0 Å². The quantitative estimate of drug-likeness (QED) is 0.875. The lowest BCUT2D eigenvalue weighted by Crippen LogP contribution is -2.49. The average molecular weight is 309 g/mol. The van der Waals surface area contributed by atoms with Gasteiger partial charge in [-0.1, -0.05) is 0 Å². The highest BCUT2D eigenvalue weighted by atomic mass is 16.5. The van der Waals surface area contributed by atoms with E-state index in [1.165, 1.54) is 0 Å². The van der Waals surface area contributed by atoms with Crippen LogP contribution in [0.2, 0.25) is 0 Å². The van der Waals surface area contributed by atoms with E-state index in [1.807, 2.05) is 12.1 Å². The molecule has 2 unspecified atom stereocenters. The molecule has 23 heavy (non-hydrogen) atoms. The van der Waals surface area contributed by atoms with Crippen molar-refractivity contribution in [3.8, 4) is 5.75 Å². The van der Waals surface area contributed by atoms with E-state index >= 15 is 0 Å². The summed E-state index contributed by atoms with van der Waals surface area (Å²) in [5.41, 5.74) is 0.725. The van der Waals surface area contributed by atoms with Gasteiger partial charge in [0.1, 0.15) is 11.9 Å². The number of amides is 1. The Kier molecular flexibility index (Phi) is 3.69. The van der Waals surface area contributed by atoms with Crippen LogP contribution in [0.25, 0.3) is 0 Å². The molecule has 2 aliphatic heterocycles. The van der Waals surface area contributed by atoms with Crippen molar-refractivity contribution in [2.24, 2.45) is 0 Å². The molecule has 2 aromatic heterocycles. The molecular weight excluding hydrogens is 290 g/mol. The van der Waals surface area contributed by atoms with E-state index in [2.05, 4.69) is 14.9 Å². The summed E-state index contributed by atoms with van der Waals surface area (Å²) >= 11 is 0. The second-order valence-corrected chi connectivity index (χ2v) is 6.23. The second-order valence-electron chi connectivity index (χ2n) is 6.23. The number of piperidine rings is 1. The van der Waals surface area contributed by atoms with Gasteiger partial charge in [0.15, 0.2) is 0 Å². The van der Waals surface area contributed by atoms with Crippen LogP contribution in [0.3, 0.4) is 0 Å². The van der Waals surface area contributed by atoms with E-state index in [9.17, 15) is 4.79 Å². The summed E-state index contributed by atoms with van der Waals surface area (Å²) < 4.78 is 6.06. The van der Waals surface area contributed by atoms with Crippen molar-refractivity contribution in [3.63, 3.8) is 0 Å². The third-order valence-electron chi connectivity index (χ3n) is 4.79. The molecule has 5 heteroatoms. The van der Waals surface area contributed by atoms with E-state index in [1.54, 1.807) is 36.9 Å². The molecule has 4 rings (SSSR count). The lowest BCUT2D eigenvalue weighted by Gasteiger charge is -2.39. The zero-order valence-electron chi connectivity index (χ0n) is 12.8. The Morgan fingerprint density at radius 1 is 1.04 bits per heavy atom. The van der Waals surface area contributed by atoms with Crippen LogP contribution >= 0.6 is 0 Å². The normalized spacial score (nSPS) is 26.1. The number of carbonyl (C=O) groups is 1. The SMILES string of the molecule is O=C(c1ccncc1)N1C2CCC1CC(Oc1cccnc1)C2. The highest BCUT2D eigenvalue weighted by Crippen LogP contribution is 2.38. The summed E-state index contributed by atoms with van der Waals surface area (Å²) in [7, 11) is 0. The molecule has 0 radical (unpaired) electrons. The topological polar surface area (TPSA) is 55.3 Å². The van der Waals surface area contributed by atoms with E-state index in [-0.39, 0.29) is 24.1 Å². The maximum absolute atomic E-state index is 12.8. The van der Waals surface area contributed by atoms with Gasteiger partial charge >= 0.3 is 0 Å². The molecule has 0 aliphatic carbocycles. The van der Waals surface area contributed by atoms with Crippen LogP contribution in [0.1, 0.15) is 36.0 Å². The predicted molar refractivity (Wildman–Crippen MR) is 85.1 cm³/mol. The monoisotopic (exact) mass is 309 g/mol. The summed E-state index contributed by atoms with van der Waals surface area (Å²) in [5.74, 6) is 0.936. The molecule has 0 N–H and O–H groups in total. The first-order chi connectivity index (χ1) is 11.3. The van der Waals surface area contributed by atoms with Crippen molar-refractivity contribution in [2.75, 3.05) is 0 Å². The van der Waals surface area contributed by atoms with E-state index in [0.29, 0.717) is 0 Å². The van der Waals surface area contributed by atoms with Gasteiger partial charge in [0.05, 0.1) is 6.20 Å². The minimum atomic E-state index is 0.125. The Morgan fingerprint density at radius 3 is 2.43 bits per heavy atom. The molecular formula is C18H19N3O2. The molecule has 4 heterocycles. The largest absolute Gasteiger partial charge is 0.489 e. The molecule has 2 fully saturated rings. The average Bonchev–Trinajstić information content (AvgIpc) is 2.87. The lowest BCUT2D eigenvalue weighted by molar-refractivity contribution is 0.0358. The smallest absolute Gasteiger partial charge is 0.254 e. The molecule has 1 amide bonds. The van der Waals surface area contributed by atoms with Gasteiger partial charge in [0.25, 0.3) is 5.91 Å². The summed E-state index contributed by atoms with van der Waals surface area (Å²) in [4.78, 5) is 22.9.